The highest BCUT2D eigenvalue weighted by Crippen LogP contribution is 2.16. The van der Waals surface area contributed by atoms with Crippen LogP contribution in [0, 0.1) is 0 Å². The molecular weight excluding hydrogens is 214 g/mol. The van der Waals surface area contributed by atoms with Gasteiger partial charge in [-0.3, -0.25) is 0 Å². The Labute approximate surface area is 104 Å². The lowest BCUT2D eigenvalue weighted by Gasteiger charge is -2.25. The third-order valence-electron chi connectivity index (χ3n) is 3.18. The summed E-state index contributed by atoms with van der Waals surface area (Å²) in [6.07, 6.45) is 11.0. The largest absolute Gasteiger partial charge is 0.393 e. The molecule has 3 N–H and O–H groups in total. The predicted molar refractivity (Wildman–Crippen MR) is 70.9 cm³/mol. The zero-order valence-electron chi connectivity index (χ0n) is 10.8. The van der Waals surface area contributed by atoms with E-state index in [0.29, 0.717) is 12.8 Å². The molecule has 98 valence electrons. The van der Waals surface area contributed by atoms with Gasteiger partial charge in [0.05, 0.1) is 12.2 Å². The molecule has 1 atom stereocenters. The van der Waals surface area contributed by atoms with Crippen LogP contribution in [0.4, 0.5) is 0 Å². The highest BCUT2D eigenvalue weighted by atomic mass is 16.3. The first-order chi connectivity index (χ1) is 8.20. The molecule has 1 aliphatic carbocycles. The molecule has 0 fully saturated rings. The molecule has 1 unspecified atom stereocenters. The highest BCUT2D eigenvalue weighted by Gasteiger charge is 2.23. The fraction of sp³-hybridized carbons (Fsp3) is 0.714. The Bertz CT molecular complexity index is 273. The van der Waals surface area contributed by atoms with E-state index in [0.717, 1.165) is 32.4 Å². The summed E-state index contributed by atoms with van der Waals surface area (Å²) in [5.74, 6) is 0. The molecule has 0 radical (unpaired) electrons. The number of nitrogens with one attached hydrogen (secondary N) is 1. The highest BCUT2D eigenvalue weighted by molar-refractivity contribution is 5.23. The number of hydrogen-bond acceptors (Lipinski definition) is 3. The van der Waals surface area contributed by atoms with E-state index in [-0.39, 0.29) is 6.61 Å². The van der Waals surface area contributed by atoms with E-state index in [9.17, 15) is 5.11 Å². The van der Waals surface area contributed by atoms with E-state index >= 15 is 0 Å². The van der Waals surface area contributed by atoms with Crippen LogP contribution >= 0.6 is 0 Å². The summed E-state index contributed by atoms with van der Waals surface area (Å²) in [6, 6.07) is 0. The van der Waals surface area contributed by atoms with Crippen molar-refractivity contribution in [1.82, 2.24) is 5.32 Å². The van der Waals surface area contributed by atoms with Crippen LogP contribution in [-0.2, 0) is 0 Å². The molecule has 0 aliphatic heterocycles. The molecule has 0 saturated heterocycles. The van der Waals surface area contributed by atoms with E-state index in [1.807, 2.05) is 6.92 Å². The smallest absolute Gasteiger partial charge is 0.0889 e. The normalized spacial score (nSPS) is 18.9. The maximum atomic E-state index is 10.0. The number of allylic oxidation sites excluding steroid dienone is 2. The minimum Gasteiger partial charge on any atom is -0.393 e. The van der Waals surface area contributed by atoms with E-state index < -0.39 is 5.60 Å². The molecule has 17 heavy (non-hydrogen) atoms. The predicted octanol–water partition coefficient (Wildman–Crippen LogP) is 1.77. The van der Waals surface area contributed by atoms with Crippen molar-refractivity contribution in [2.75, 3.05) is 19.7 Å². The SMILES string of the molecule is CCCC(O)(CO)CCNCC1=CCCC=C1. The molecule has 0 saturated carbocycles. The minimum atomic E-state index is -0.904. The molecule has 0 aromatic heterocycles. The third-order valence-corrected chi connectivity index (χ3v) is 3.18. The van der Waals surface area contributed by atoms with Crippen molar-refractivity contribution in [1.29, 1.82) is 0 Å². The number of aliphatic hydroxyl groups excluding tert-OH is 1. The zero-order valence-corrected chi connectivity index (χ0v) is 10.8. The van der Waals surface area contributed by atoms with Crippen LogP contribution in [0.1, 0.15) is 39.0 Å². The topological polar surface area (TPSA) is 52.5 Å². The Kier molecular flexibility index (Phi) is 6.48. The molecule has 1 aliphatic rings. The van der Waals surface area contributed by atoms with E-state index in [4.69, 9.17) is 5.11 Å². The van der Waals surface area contributed by atoms with Gasteiger partial charge in [-0.2, -0.15) is 0 Å². The van der Waals surface area contributed by atoms with Crippen LogP contribution in [-0.4, -0.2) is 35.5 Å². The van der Waals surface area contributed by atoms with Gasteiger partial charge in [0.15, 0.2) is 0 Å². The standard InChI is InChI=1S/C14H25NO2/c1-2-8-14(17,12-16)9-10-15-11-13-6-4-3-5-7-13/h4,6-7,15-17H,2-3,5,8-12H2,1H3. The Morgan fingerprint density at radius 1 is 1.35 bits per heavy atom. The summed E-state index contributed by atoms with van der Waals surface area (Å²) in [5.41, 5.74) is 0.415. The van der Waals surface area contributed by atoms with Crippen LogP contribution in [0.2, 0.25) is 0 Å². The van der Waals surface area contributed by atoms with Gasteiger partial charge in [-0.15, -0.1) is 0 Å². The van der Waals surface area contributed by atoms with Gasteiger partial charge in [-0.1, -0.05) is 31.6 Å². The fourth-order valence-corrected chi connectivity index (χ4v) is 2.10. The summed E-state index contributed by atoms with van der Waals surface area (Å²) in [7, 11) is 0. The zero-order chi connectivity index (χ0) is 12.6. The molecule has 0 spiro atoms. The second-order valence-corrected chi connectivity index (χ2v) is 4.82. The summed E-state index contributed by atoms with van der Waals surface area (Å²) < 4.78 is 0. The fourth-order valence-electron chi connectivity index (χ4n) is 2.10. The van der Waals surface area contributed by atoms with Gasteiger partial charge in [-0.05, 0) is 37.8 Å². The number of rotatable bonds is 8. The molecule has 0 heterocycles. The lowest BCUT2D eigenvalue weighted by atomic mass is 9.95. The molecule has 0 amide bonds. The first kappa shape index (κ1) is 14.4. The van der Waals surface area contributed by atoms with Crippen molar-refractivity contribution < 1.29 is 10.2 Å². The van der Waals surface area contributed by atoms with Crippen molar-refractivity contribution in [3.63, 3.8) is 0 Å². The van der Waals surface area contributed by atoms with E-state index in [1.165, 1.54) is 5.57 Å². The van der Waals surface area contributed by atoms with Gasteiger partial charge in [0.2, 0.25) is 0 Å². The van der Waals surface area contributed by atoms with Crippen molar-refractivity contribution in [2.24, 2.45) is 0 Å². The van der Waals surface area contributed by atoms with Crippen LogP contribution < -0.4 is 5.32 Å². The maximum absolute atomic E-state index is 10.0. The van der Waals surface area contributed by atoms with E-state index in [1.54, 1.807) is 0 Å². The van der Waals surface area contributed by atoms with Crippen LogP contribution in [0.25, 0.3) is 0 Å². The Hall–Kier alpha value is -0.640. The molecule has 0 aromatic carbocycles. The first-order valence-corrected chi connectivity index (χ1v) is 6.60. The molecule has 1 rings (SSSR count). The first-order valence-electron chi connectivity index (χ1n) is 6.60. The van der Waals surface area contributed by atoms with Crippen LogP contribution in [0.5, 0.6) is 0 Å². The van der Waals surface area contributed by atoms with Gasteiger partial charge >= 0.3 is 0 Å². The monoisotopic (exact) mass is 239 g/mol. The lowest BCUT2D eigenvalue weighted by molar-refractivity contribution is -0.0277. The van der Waals surface area contributed by atoms with Gasteiger partial charge < -0.3 is 15.5 Å². The van der Waals surface area contributed by atoms with Crippen molar-refractivity contribution in [2.45, 2.75) is 44.6 Å². The Morgan fingerprint density at radius 3 is 2.76 bits per heavy atom. The molecule has 0 aromatic rings. The van der Waals surface area contributed by atoms with Crippen LogP contribution in [0.3, 0.4) is 0 Å². The summed E-state index contributed by atoms with van der Waals surface area (Å²) in [4.78, 5) is 0. The maximum Gasteiger partial charge on any atom is 0.0889 e. The van der Waals surface area contributed by atoms with Gasteiger partial charge in [0.1, 0.15) is 0 Å². The van der Waals surface area contributed by atoms with Crippen LogP contribution in [0.15, 0.2) is 23.8 Å². The summed E-state index contributed by atoms with van der Waals surface area (Å²) in [5, 5.41) is 22.5. The quantitative estimate of drug-likeness (QED) is 0.566. The molecule has 0 bridgehead atoms. The average Bonchev–Trinajstić information content (AvgIpc) is 2.36. The average molecular weight is 239 g/mol. The second-order valence-electron chi connectivity index (χ2n) is 4.82. The number of aliphatic hydroxyl groups is 2. The molecule has 3 heteroatoms. The Balaban J connectivity index is 2.18. The molecular formula is C14H25NO2. The second kappa shape index (κ2) is 7.64. The van der Waals surface area contributed by atoms with Crippen molar-refractivity contribution in [3.8, 4) is 0 Å². The van der Waals surface area contributed by atoms with Crippen molar-refractivity contribution >= 4 is 0 Å². The third kappa shape index (κ3) is 5.48. The Morgan fingerprint density at radius 2 is 2.18 bits per heavy atom. The van der Waals surface area contributed by atoms with Gasteiger partial charge in [0, 0.05) is 6.54 Å². The minimum absolute atomic E-state index is 0.148. The van der Waals surface area contributed by atoms with E-state index in [2.05, 4.69) is 23.5 Å². The lowest BCUT2D eigenvalue weighted by Crippen LogP contribution is -2.37. The summed E-state index contributed by atoms with van der Waals surface area (Å²) in [6.45, 7) is 3.46. The summed E-state index contributed by atoms with van der Waals surface area (Å²) >= 11 is 0. The molecule has 3 nitrogen and oxygen atoms in total. The number of hydrogen-bond donors (Lipinski definition) is 3. The van der Waals surface area contributed by atoms with Gasteiger partial charge in [0.25, 0.3) is 0 Å². The van der Waals surface area contributed by atoms with Gasteiger partial charge in [-0.25, -0.2) is 0 Å². The van der Waals surface area contributed by atoms with Crippen molar-refractivity contribution in [3.05, 3.63) is 23.8 Å².